The molecule has 0 unspecified atom stereocenters. The Balaban J connectivity index is 1.34. The van der Waals surface area contributed by atoms with Crippen LogP contribution in [0.4, 0.5) is 5.69 Å². The highest BCUT2D eigenvalue weighted by molar-refractivity contribution is 7.89. The predicted molar refractivity (Wildman–Crippen MR) is 129 cm³/mol. The van der Waals surface area contributed by atoms with Crippen LogP contribution in [0.2, 0.25) is 0 Å². The van der Waals surface area contributed by atoms with Gasteiger partial charge in [-0.2, -0.15) is 9.40 Å². The number of hydrogen-bond acceptors (Lipinski definition) is 7. The second kappa shape index (κ2) is 9.01. The average Bonchev–Trinajstić information content (AvgIpc) is 3.62. The molecule has 3 heterocycles. The third-order valence-corrected chi connectivity index (χ3v) is 8.29. The Morgan fingerprint density at radius 3 is 2.62 bits per heavy atom. The highest BCUT2D eigenvalue weighted by Gasteiger charge is 2.28. The van der Waals surface area contributed by atoms with Crippen LogP contribution < -0.4 is 5.32 Å². The minimum Gasteiger partial charge on any atom is -0.506 e. The summed E-state index contributed by atoms with van der Waals surface area (Å²) in [6, 6.07) is 13.5. The zero-order chi connectivity index (χ0) is 23.7. The van der Waals surface area contributed by atoms with E-state index in [0.29, 0.717) is 18.1 Å². The van der Waals surface area contributed by atoms with Crippen molar-refractivity contribution in [1.82, 2.24) is 19.1 Å². The van der Waals surface area contributed by atoms with Crippen molar-refractivity contribution in [1.29, 1.82) is 0 Å². The molecule has 4 aromatic rings. The summed E-state index contributed by atoms with van der Waals surface area (Å²) in [6.45, 7) is 0.931. The van der Waals surface area contributed by atoms with Crippen molar-refractivity contribution in [3.8, 4) is 22.0 Å². The number of nitrogens with zero attached hydrogens (tertiary/aromatic N) is 4. The fourth-order valence-electron chi connectivity index (χ4n) is 3.71. The van der Waals surface area contributed by atoms with Crippen LogP contribution in [0.3, 0.4) is 0 Å². The van der Waals surface area contributed by atoms with Gasteiger partial charge in [0.05, 0.1) is 22.5 Å². The van der Waals surface area contributed by atoms with E-state index in [2.05, 4.69) is 15.4 Å². The van der Waals surface area contributed by atoms with Gasteiger partial charge >= 0.3 is 0 Å². The van der Waals surface area contributed by atoms with Gasteiger partial charge in [-0.3, -0.25) is 4.79 Å². The molecule has 1 aliphatic rings. The molecule has 2 N–H and O–H groups in total. The standard InChI is InChI=1S/C23H21N5O4S2/c29-21-9-8-18(34(31,32)27-10-4-5-11-27)12-19(21)25-22(30)20-15-33-23(26-20)16-13-24-28(14-16)17-6-2-1-3-7-17/h1-3,6-9,12-15,29H,4-5,10-11H2,(H,25,30). The number of para-hydroxylation sites is 1. The van der Waals surface area contributed by atoms with Crippen molar-refractivity contribution < 1.29 is 18.3 Å². The molecule has 1 saturated heterocycles. The SMILES string of the molecule is O=C(Nc1cc(S(=O)(=O)N2CCCC2)ccc1O)c1csc(-c2cnn(-c3ccccc3)c2)n1. The number of amides is 1. The van der Waals surface area contributed by atoms with E-state index >= 15 is 0 Å². The molecule has 174 valence electrons. The van der Waals surface area contributed by atoms with Crippen LogP contribution in [0.5, 0.6) is 5.75 Å². The Morgan fingerprint density at radius 2 is 1.85 bits per heavy atom. The molecule has 2 aromatic carbocycles. The number of aromatic hydroxyl groups is 1. The molecule has 0 aliphatic carbocycles. The Hall–Kier alpha value is -3.54. The molecule has 5 rings (SSSR count). The van der Waals surface area contributed by atoms with Gasteiger partial charge in [0, 0.05) is 30.2 Å². The number of sulfonamides is 1. The Kier molecular flexibility index (Phi) is 5.90. The zero-order valence-electron chi connectivity index (χ0n) is 18.0. The van der Waals surface area contributed by atoms with Crippen molar-refractivity contribution in [2.24, 2.45) is 0 Å². The number of aromatic nitrogens is 3. The summed E-state index contributed by atoms with van der Waals surface area (Å²) in [6.07, 6.45) is 5.13. The summed E-state index contributed by atoms with van der Waals surface area (Å²) in [5.41, 5.74) is 1.83. The first-order chi connectivity index (χ1) is 16.4. The number of phenolic OH excluding ortho intramolecular Hbond substituents is 1. The molecule has 0 bridgehead atoms. The van der Waals surface area contributed by atoms with E-state index in [1.54, 1.807) is 16.3 Å². The third-order valence-electron chi connectivity index (χ3n) is 5.51. The quantitative estimate of drug-likeness (QED) is 0.394. The molecule has 0 saturated carbocycles. The fraction of sp³-hybridized carbons (Fsp3) is 0.174. The van der Waals surface area contributed by atoms with Crippen LogP contribution in [0, 0.1) is 0 Å². The van der Waals surface area contributed by atoms with E-state index in [1.165, 1.54) is 33.8 Å². The Bertz CT molecular complexity index is 1440. The summed E-state index contributed by atoms with van der Waals surface area (Å²) in [5, 5.41) is 19.3. The number of anilines is 1. The van der Waals surface area contributed by atoms with Crippen LogP contribution in [-0.4, -0.2) is 51.6 Å². The van der Waals surface area contributed by atoms with Crippen LogP contribution in [0.25, 0.3) is 16.3 Å². The van der Waals surface area contributed by atoms with E-state index in [-0.39, 0.29) is 22.0 Å². The first-order valence-electron chi connectivity index (χ1n) is 10.6. The first kappa shape index (κ1) is 22.3. The lowest BCUT2D eigenvalue weighted by Crippen LogP contribution is -2.28. The van der Waals surface area contributed by atoms with Crippen molar-refractivity contribution >= 4 is 33.0 Å². The van der Waals surface area contributed by atoms with Crippen LogP contribution in [0.1, 0.15) is 23.3 Å². The predicted octanol–water partition coefficient (Wildman–Crippen LogP) is 3.74. The minimum absolute atomic E-state index is 0.0109. The van der Waals surface area contributed by atoms with E-state index in [4.69, 9.17) is 0 Å². The molecule has 11 heteroatoms. The normalized spacial score (nSPS) is 14.4. The van der Waals surface area contributed by atoms with E-state index in [1.807, 2.05) is 36.5 Å². The number of thiazole rings is 1. The van der Waals surface area contributed by atoms with E-state index < -0.39 is 15.9 Å². The highest BCUT2D eigenvalue weighted by atomic mass is 32.2. The number of carbonyl (C=O) groups is 1. The molecule has 1 amide bonds. The Morgan fingerprint density at radius 1 is 1.09 bits per heavy atom. The smallest absolute Gasteiger partial charge is 0.275 e. The lowest BCUT2D eigenvalue weighted by molar-refractivity contribution is 0.102. The average molecular weight is 496 g/mol. The number of phenols is 1. The molecule has 0 atom stereocenters. The molecule has 1 aliphatic heterocycles. The van der Waals surface area contributed by atoms with E-state index in [9.17, 15) is 18.3 Å². The third kappa shape index (κ3) is 4.32. The number of carbonyl (C=O) groups excluding carboxylic acids is 1. The van der Waals surface area contributed by atoms with Crippen molar-refractivity contribution in [2.45, 2.75) is 17.7 Å². The number of benzene rings is 2. The molecule has 0 radical (unpaired) electrons. The fourth-order valence-corrected chi connectivity index (χ4v) is 6.02. The highest BCUT2D eigenvalue weighted by Crippen LogP contribution is 2.30. The molecular weight excluding hydrogens is 474 g/mol. The van der Waals surface area contributed by atoms with Crippen LogP contribution in [-0.2, 0) is 10.0 Å². The largest absolute Gasteiger partial charge is 0.506 e. The van der Waals surface area contributed by atoms with Crippen LogP contribution in [0.15, 0.2) is 71.2 Å². The van der Waals surface area contributed by atoms with Gasteiger partial charge in [-0.25, -0.2) is 18.1 Å². The molecular formula is C23H21N5O4S2. The second-order valence-electron chi connectivity index (χ2n) is 7.79. The van der Waals surface area contributed by atoms with Crippen molar-refractivity contribution in [3.05, 3.63) is 72.0 Å². The summed E-state index contributed by atoms with van der Waals surface area (Å²) in [5.74, 6) is -0.780. The summed E-state index contributed by atoms with van der Waals surface area (Å²) in [4.78, 5) is 17.2. The van der Waals surface area contributed by atoms with Gasteiger partial charge in [0.2, 0.25) is 10.0 Å². The zero-order valence-corrected chi connectivity index (χ0v) is 19.6. The monoisotopic (exact) mass is 495 g/mol. The van der Waals surface area contributed by atoms with Gasteiger partial charge in [-0.15, -0.1) is 11.3 Å². The van der Waals surface area contributed by atoms with Gasteiger partial charge in [0.15, 0.2) is 0 Å². The summed E-state index contributed by atoms with van der Waals surface area (Å²) >= 11 is 1.29. The number of hydrogen-bond donors (Lipinski definition) is 2. The van der Waals surface area contributed by atoms with E-state index in [0.717, 1.165) is 24.1 Å². The summed E-state index contributed by atoms with van der Waals surface area (Å²) < 4.78 is 28.8. The number of rotatable bonds is 6. The van der Waals surface area contributed by atoms with Gasteiger partial charge in [-0.1, -0.05) is 18.2 Å². The maximum atomic E-state index is 12.8. The van der Waals surface area contributed by atoms with Crippen molar-refractivity contribution in [2.75, 3.05) is 18.4 Å². The molecule has 9 nitrogen and oxygen atoms in total. The maximum Gasteiger partial charge on any atom is 0.275 e. The maximum absolute atomic E-state index is 12.8. The van der Waals surface area contributed by atoms with Crippen molar-refractivity contribution in [3.63, 3.8) is 0 Å². The molecule has 34 heavy (non-hydrogen) atoms. The van der Waals surface area contributed by atoms with Gasteiger partial charge in [0.25, 0.3) is 5.91 Å². The minimum atomic E-state index is -3.68. The lowest BCUT2D eigenvalue weighted by atomic mass is 10.3. The van der Waals surface area contributed by atoms with Crippen LogP contribution >= 0.6 is 11.3 Å². The molecule has 0 spiro atoms. The van der Waals surface area contributed by atoms with Gasteiger partial charge in [0.1, 0.15) is 16.5 Å². The van der Waals surface area contributed by atoms with Gasteiger partial charge < -0.3 is 10.4 Å². The lowest BCUT2D eigenvalue weighted by Gasteiger charge is -2.16. The molecule has 1 fully saturated rings. The topological polar surface area (TPSA) is 117 Å². The van der Waals surface area contributed by atoms with Gasteiger partial charge in [-0.05, 0) is 43.2 Å². The summed E-state index contributed by atoms with van der Waals surface area (Å²) in [7, 11) is -3.68. The molecule has 2 aromatic heterocycles. The first-order valence-corrected chi connectivity index (χ1v) is 12.9. The second-order valence-corrected chi connectivity index (χ2v) is 10.6. The Labute approximate surface area is 200 Å². The number of nitrogens with one attached hydrogen (secondary N) is 1.